The van der Waals surface area contributed by atoms with E-state index in [9.17, 15) is 14.4 Å². The average molecular weight is 517 g/mol. The molecule has 2 fully saturated rings. The summed E-state index contributed by atoms with van der Waals surface area (Å²) in [5.74, 6) is -0.912. The molecule has 202 valence electrons. The van der Waals surface area contributed by atoms with Gasteiger partial charge in [0.15, 0.2) is 0 Å². The van der Waals surface area contributed by atoms with Gasteiger partial charge in [0.05, 0.1) is 5.69 Å². The van der Waals surface area contributed by atoms with Crippen LogP contribution in [0.5, 0.6) is 0 Å². The minimum Gasteiger partial charge on any atom is -0.404 e. The summed E-state index contributed by atoms with van der Waals surface area (Å²) in [4.78, 5) is 43.7. The largest absolute Gasteiger partial charge is 0.404 e. The van der Waals surface area contributed by atoms with Crippen LogP contribution in [-0.2, 0) is 16.0 Å². The lowest BCUT2D eigenvalue weighted by molar-refractivity contribution is -0.134. The van der Waals surface area contributed by atoms with Crippen LogP contribution in [0, 0.1) is 5.41 Å². The number of imide groups is 1. The molecule has 7 heteroatoms. The fourth-order valence-electron chi connectivity index (χ4n) is 5.26. The Kier molecular flexibility index (Phi) is 8.34. The first-order chi connectivity index (χ1) is 18.1. The van der Waals surface area contributed by atoms with Crippen molar-refractivity contribution in [3.05, 3.63) is 53.2 Å². The van der Waals surface area contributed by atoms with Crippen LogP contribution >= 0.6 is 0 Å². The first-order valence-corrected chi connectivity index (χ1v) is 13.7. The molecule has 3 aliphatic rings. The van der Waals surface area contributed by atoms with Crippen LogP contribution in [0.2, 0.25) is 0 Å². The molecule has 2 aromatic carbocycles. The van der Waals surface area contributed by atoms with Gasteiger partial charge in [-0.1, -0.05) is 65.2 Å². The predicted octanol–water partition coefficient (Wildman–Crippen LogP) is 5.45. The molecule has 1 saturated heterocycles. The van der Waals surface area contributed by atoms with Crippen LogP contribution in [0.25, 0.3) is 10.8 Å². The number of nitrogens with one attached hydrogen (secondary N) is 1. The Morgan fingerprint density at radius 2 is 1.76 bits per heavy atom. The lowest BCUT2D eigenvalue weighted by Gasteiger charge is -2.30. The van der Waals surface area contributed by atoms with E-state index >= 15 is 0 Å². The van der Waals surface area contributed by atoms with E-state index in [4.69, 9.17) is 10.7 Å². The van der Waals surface area contributed by atoms with Gasteiger partial charge in [-0.05, 0) is 59.5 Å². The second-order valence-electron chi connectivity index (χ2n) is 12.1. The van der Waals surface area contributed by atoms with E-state index in [-0.39, 0.29) is 18.2 Å². The maximum atomic E-state index is 13.3. The number of benzene rings is 2. The average Bonchev–Trinajstić information content (AvgIpc) is 3.15. The quantitative estimate of drug-likeness (QED) is 0.407. The normalized spacial score (nSPS) is 20.6. The molecule has 0 spiro atoms. The van der Waals surface area contributed by atoms with Crippen molar-refractivity contribution in [3.8, 4) is 0 Å². The van der Waals surface area contributed by atoms with E-state index < -0.39 is 11.9 Å². The van der Waals surface area contributed by atoms with Crippen LogP contribution < -0.4 is 16.0 Å². The van der Waals surface area contributed by atoms with Crippen molar-refractivity contribution in [2.75, 3.05) is 4.90 Å². The van der Waals surface area contributed by atoms with Crippen LogP contribution in [0.3, 0.4) is 0 Å². The minimum absolute atomic E-state index is 0.198. The third kappa shape index (κ3) is 6.32. The molecule has 3 amide bonds. The second-order valence-corrected chi connectivity index (χ2v) is 12.1. The molecule has 0 radical (unpaired) electrons. The molecule has 5 rings (SSSR count). The zero-order valence-corrected chi connectivity index (χ0v) is 23.0. The fraction of sp³-hybridized carbons (Fsp3) is 0.484. The van der Waals surface area contributed by atoms with Gasteiger partial charge in [0, 0.05) is 36.0 Å². The number of piperidine rings is 1. The van der Waals surface area contributed by atoms with Crippen LogP contribution in [0.1, 0.15) is 88.6 Å². The summed E-state index contributed by atoms with van der Waals surface area (Å²) >= 11 is 0. The maximum Gasteiger partial charge on any atom is 0.259 e. The first-order valence-electron chi connectivity index (χ1n) is 13.7. The molecule has 2 aromatic rings. The van der Waals surface area contributed by atoms with Crippen molar-refractivity contribution in [1.82, 2.24) is 5.32 Å². The molecule has 2 aliphatic heterocycles. The van der Waals surface area contributed by atoms with Gasteiger partial charge in [0.2, 0.25) is 11.8 Å². The lowest BCUT2D eigenvalue weighted by atomic mass is 9.95. The number of nitrogens with two attached hydrogens (primary N) is 1. The van der Waals surface area contributed by atoms with E-state index in [2.05, 4.69) is 33.0 Å². The van der Waals surface area contributed by atoms with E-state index in [1.54, 1.807) is 17.2 Å². The number of hydrogen-bond acceptors (Lipinski definition) is 5. The minimum atomic E-state index is -0.682. The Morgan fingerprint density at radius 1 is 1.05 bits per heavy atom. The number of anilines is 1. The Balaban J connectivity index is 0.000000617. The third-order valence-electron chi connectivity index (χ3n) is 6.97. The van der Waals surface area contributed by atoms with Gasteiger partial charge in [0.1, 0.15) is 6.04 Å². The highest BCUT2D eigenvalue weighted by Crippen LogP contribution is 2.41. The summed E-state index contributed by atoms with van der Waals surface area (Å²) in [5.41, 5.74) is 9.73. The molecule has 7 nitrogen and oxygen atoms in total. The third-order valence-corrected chi connectivity index (χ3v) is 6.97. The maximum absolute atomic E-state index is 13.3. The van der Waals surface area contributed by atoms with Crippen molar-refractivity contribution >= 4 is 40.4 Å². The van der Waals surface area contributed by atoms with Gasteiger partial charge >= 0.3 is 0 Å². The standard InChI is InChI=1S/C26H28N4O3.C5H12/c27-14-16(15-28-18-5-2-1-3-6-18)13-17-9-10-21-24-19(17)7-4-8-20(24)26(33)30(21)22-11-12-23(31)29-25(22)32;1-5(2,3)4/h4,7-10,14-15,18,22H,1-3,5-6,11-13,27H2,(H,29,31,32);1-4H3/b16-14-,28-15?;. The van der Waals surface area contributed by atoms with Crippen LogP contribution in [0.4, 0.5) is 5.69 Å². The molecule has 1 unspecified atom stereocenters. The number of nitrogens with zero attached hydrogens (tertiary/aromatic N) is 2. The topological polar surface area (TPSA) is 105 Å². The van der Waals surface area contributed by atoms with Gasteiger partial charge in [0.25, 0.3) is 5.91 Å². The Hall–Kier alpha value is -3.48. The van der Waals surface area contributed by atoms with Gasteiger partial charge in [-0.25, -0.2) is 0 Å². The molecule has 0 aromatic heterocycles. The summed E-state index contributed by atoms with van der Waals surface area (Å²) in [6, 6.07) is 9.27. The van der Waals surface area contributed by atoms with Crippen molar-refractivity contribution in [3.63, 3.8) is 0 Å². The van der Waals surface area contributed by atoms with Gasteiger partial charge in [-0.3, -0.25) is 29.6 Å². The number of rotatable bonds is 5. The Morgan fingerprint density at radius 3 is 2.42 bits per heavy atom. The molecule has 38 heavy (non-hydrogen) atoms. The van der Waals surface area contributed by atoms with Gasteiger partial charge in [-0.2, -0.15) is 0 Å². The molecule has 2 heterocycles. The zero-order valence-electron chi connectivity index (χ0n) is 23.0. The highest BCUT2D eigenvalue weighted by molar-refractivity contribution is 6.27. The first kappa shape index (κ1) is 27.6. The highest BCUT2D eigenvalue weighted by atomic mass is 16.2. The van der Waals surface area contributed by atoms with E-state index in [0.717, 1.165) is 40.4 Å². The van der Waals surface area contributed by atoms with Crippen LogP contribution in [-0.4, -0.2) is 36.0 Å². The van der Waals surface area contributed by atoms with Gasteiger partial charge in [-0.15, -0.1) is 0 Å². The number of hydrogen-bond donors (Lipinski definition) is 2. The molecule has 3 N–H and O–H groups in total. The monoisotopic (exact) mass is 516 g/mol. The Labute approximate surface area is 225 Å². The van der Waals surface area contributed by atoms with Crippen LogP contribution in [0.15, 0.2) is 47.1 Å². The number of carbonyl (C=O) groups is 3. The summed E-state index contributed by atoms with van der Waals surface area (Å²) < 4.78 is 0. The molecule has 1 saturated carbocycles. The second kappa shape index (κ2) is 11.5. The molecule has 0 bridgehead atoms. The van der Waals surface area contributed by atoms with E-state index in [1.165, 1.54) is 19.3 Å². The predicted molar refractivity (Wildman–Crippen MR) is 153 cm³/mol. The lowest BCUT2D eigenvalue weighted by Crippen LogP contribution is -2.53. The van der Waals surface area contributed by atoms with E-state index in [0.29, 0.717) is 29.9 Å². The summed E-state index contributed by atoms with van der Waals surface area (Å²) in [6.07, 6.45) is 10.7. The smallest absolute Gasteiger partial charge is 0.259 e. The number of allylic oxidation sites excluding steroid dienone is 1. The zero-order chi connectivity index (χ0) is 27.4. The van der Waals surface area contributed by atoms with Crippen molar-refractivity contribution < 1.29 is 14.4 Å². The van der Waals surface area contributed by atoms with Gasteiger partial charge < -0.3 is 5.73 Å². The Bertz CT molecular complexity index is 1280. The van der Waals surface area contributed by atoms with Crippen molar-refractivity contribution in [2.45, 2.75) is 91.1 Å². The molecular weight excluding hydrogens is 476 g/mol. The molecule has 1 aliphatic carbocycles. The number of carbonyl (C=O) groups excluding carboxylic acids is 3. The van der Waals surface area contributed by atoms with E-state index in [1.807, 2.05) is 30.5 Å². The summed E-state index contributed by atoms with van der Waals surface area (Å²) in [7, 11) is 0. The molecule has 1 atom stereocenters. The fourth-order valence-corrected chi connectivity index (χ4v) is 5.26. The number of aliphatic imine (C=N–C) groups is 1. The van der Waals surface area contributed by atoms with Crippen molar-refractivity contribution in [2.24, 2.45) is 16.1 Å². The SMILES string of the molecule is CC(C)(C)C.N/C=C(\C=NC1CCCCC1)Cc1ccc2c3c(cccc13)C(=O)N2C1CCC(=O)NC1=O. The molecular formula is C31H40N4O3. The summed E-state index contributed by atoms with van der Waals surface area (Å²) in [5, 5.41) is 4.19. The number of amides is 3. The van der Waals surface area contributed by atoms with Crippen molar-refractivity contribution in [1.29, 1.82) is 0 Å². The summed E-state index contributed by atoms with van der Waals surface area (Å²) in [6.45, 7) is 8.75. The highest BCUT2D eigenvalue weighted by Gasteiger charge is 2.40.